The van der Waals surface area contributed by atoms with Crippen molar-refractivity contribution in [1.29, 1.82) is 0 Å². The molecule has 104 valence electrons. The Balaban J connectivity index is 1.92. The van der Waals surface area contributed by atoms with Crippen molar-refractivity contribution in [3.63, 3.8) is 0 Å². The first-order valence-electron chi connectivity index (χ1n) is 7.20. The smallest absolute Gasteiger partial charge is 0.226 e. The molecule has 0 aliphatic heterocycles. The lowest BCUT2D eigenvalue weighted by Crippen LogP contribution is -2.47. The van der Waals surface area contributed by atoms with Crippen molar-refractivity contribution in [2.45, 2.75) is 45.1 Å². The summed E-state index contributed by atoms with van der Waals surface area (Å²) in [7, 11) is 0. The maximum Gasteiger partial charge on any atom is 0.226 e. The highest BCUT2D eigenvalue weighted by atomic mass is 16.2. The second-order valence-corrected chi connectivity index (χ2v) is 5.82. The fourth-order valence-electron chi connectivity index (χ4n) is 2.68. The molecule has 1 aliphatic carbocycles. The number of nitrogens with one attached hydrogen (secondary N) is 1. The lowest BCUT2D eigenvalue weighted by atomic mass is 9.64. The molecule has 1 aromatic rings. The number of amides is 1. The predicted octanol–water partition coefficient (Wildman–Crippen LogP) is 2.25. The first-order chi connectivity index (χ1) is 9.12. The Hall–Kier alpha value is -1.35. The van der Waals surface area contributed by atoms with Crippen LogP contribution < -0.4 is 11.1 Å². The number of rotatable bonds is 6. The third-order valence-corrected chi connectivity index (χ3v) is 4.06. The molecule has 3 N–H and O–H groups in total. The van der Waals surface area contributed by atoms with E-state index < -0.39 is 0 Å². The van der Waals surface area contributed by atoms with Crippen LogP contribution in [0.4, 0.5) is 0 Å². The average molecular weight is 260 g/mol. The fourth-order valence-corrected chi connectivity index (χ4v) is 2.68. The van der Waals surface area contributed by atoms with Crippen LogP contribution in [0.3, 0.4) is 0 Å². The van der Waals surface area contributed by atoms with Crippen molar-refractivity contribution in [2.75, 3.05) is 6.54 Å². The maximum atomic E-state index is 12.4. The summed E-state index contributed by atoms with van der Waals surface area (Å²) in [5, 5.41) is 3.06. The van der Waals surface area contributed by atoms with E-state index in [9.17, 15) is 4.79 Å². The molecule has 0 bridgehead atoms. The van der Waals surface area contributed by atoms with Gasteiger partial charge in [-0.15, -0.1) is 0 Å². The van der Waals surface area contributed by atoms with Crippen molar-refractivity contribution >= 4 is 5.91 Å². The average Bonchev–Trinajstić information content (AvgIpc) is 2.34. The molecule has 3 heteroatoms. The highest BCUT2D eigenvalue weighted by Crippen LogP contribution is 2.43. The van der Waals surface area contributed by atoms with Gasteiger partial charge >= 0.3 is 0 Å². The molecule has 1 amide bonds. The molecule has 0 aromatic heterocycles. The number of hydrogen-bond donors (Lipinski definition) is 2. The standard InChI is InChI=1S/C16H24N2O/c1-13(17)8-11-18-15(19)16(9-5-10-16)12-14-6-3-2-4-7-14/h2-4,6-7,13H,5,8-12,17H2,1H3,(H,18,19). The quantitative estimate of drug-likeness (QED) is 0.824. The van der Waals surface area contributed by atoms with Gasteiger partial charge in [0.25, 0.3) is 0 Å². The van der Waals surface area contributed by atoms with Crippen LogP contribution in [0, 0.1) is 5.41 Å². The fraction of sp³-hybridized carbons (Fsp3) is 0.562. The van der Waals surface area contributed by atoms with Gasteiger partial charge in [0, 0.05) is 12.6 Å². The highest BCUT2D eigenvalue weighted by Gasteiger charge is 2.43. The number of hydrogen-bond acceptors (Lipinski definition) is 2. The zero-order valence-electron chi connectivity index (χ0n) is 11.7. The zero-order valence-corrected chi connectivity index (χ0v) is 11.7. The summed E-state index contributed by atoms with van der Waals surface area (Å²) in [6, 6.07) is 10.4. The van der Waals surface area contributed by atoms with E-state index in [0.717, 1.165) is 32.1 Å². The van der Waals surface area contributed by atoms with E-state index in [4.69, 9.17) is 5.73 Å². The Kier molecular flexibility index (Phi) is 4.59. The minimum atomic E-state index is -0.167. The molecule has 0 radical (unpaired) electrons. The first-order valence-corrected chi connectivity index (χ1v) is 7.20. The molecule has 1 saturated carbocycles. The minimum Gasteiger partial charge on any atom is -0.356 e. The lowest BCUT2D eigenvalue weighted by molar-refractivity contribution is -0.135. The van der Waals surface area contributed by atoms with Crippen molar-refractivity contribution < 1.29 is 4.79 Å². The molecule has 3 nitrogen and oxygen atoms in total. The Bertz CT molecular complexity index is 410. The number of nitrogens with two attached hydrogens (primary N) is 1. The van der Waals surface area contributed by atoms with Crippen LogP contribution in [0.15, 0.2) is 30.3 Å². The topological polar surface area (TPSA) is 55.1 Å². The molecule has 1 fully saturated rings. The van der Waals surface area contributed by atoms with E-state index >= 15 is 0 Å². The number of carbonyl (C=O) groups is 1. The van der Waals surface area contributed by atoms with Crippen LogP contribution >= 0.6 is 0 Å². The molecule has 0 saturated heterocycles. The van der Waals surface area contributed by atoms with Gasteiger partial charge in [-0.05, 0) is 38.2 Å². The third kappa shape index (κ3) is 3.57. The second kappa shape index (κ2) is 6.20. The van der Waals surface area contributed by atoms with Gasteiger partial charge in [-0.25, -0.2) is 0 Å². The molecule has 0 spiro atoms. The van der Waals surface area contributed by atoms with Crippen LogP contribution in [0.5, 0.6) is 0 Å². The van der Waals surface area contributed by atoms with Crippen LogP contribution in [-0.4, -0.2) is 18.5 Å². The Morgan fingerprint density at radius 3 is 2.58 bits per heavy atom. The SMILES string of the molecule is CC(N)CCNC(=O)C1(Cc2ccccc2)CCC1. The largest absolute Gasteiger partial charge is 0.356 e. The monoisotopic (exact) mass is 260 g/mol. The summed E-state index contributed by atoms with van der Waals surface area (Å²) in [5.74, 6) is 0.211. The normalized spacial score (nSPS) is 18.4. The van der Waals surface area contributed by atoms with Gasteiger partial charge in [-0.3, -0.25) is 4.79 Å². The molecule has 0 heterocycles. The van der Waals surface area contributed by atoms with Crippen molar-refractivity contribution in [3.8, 4) is 0 Å². The van der Waals surface area contributed by atoms with E-state index in [1.54, 1.807) is 0 Å². The minimum absolute atomic E-state index is 0.145. The summed E-state index contributed by atoms with van der Waals surface area (Å²) in [5.41, 5.74) is 6.79. The third-order valence-electron chi connectivity index (χ3n) is 4.06. The molecular weight excluding hydrogens is 236 g/mol. The summed E-state index contributed by atoms with van der Waals surface area (Å²) in [6.07, 6.45) is 4.87. The molecule has 1 aromatic carbocycles. The van der Waals surface area contributed by atoms with Crippen molar-refractivity contribution in [1.82, 2.24) is 5.32 Å². The van der Waals surface area contributed by atoms with E-state index in [1.165, 1.54) is 5.56 Å². The maximum absolute atomic E-state index is 12.4. The van der Waals surface area contributed by atoms with Crippen LogP contribution in [0.2, 0.25) is 0 Å². The van der Waals surface area contributed by atoms with Gasteiger partial charge < -0.3 is 11.1 Å². The molecule has 1 unspecified atom stereocenters. The van der Waals surface area contributed by atoms with Gasteiger partial charge in [0.2, 0.25) is 5.91 Å². The number of carbonyl (C=O) groups excluding carboxylic acids is 1. The summed E-state index contributed by atoms with van der Waals surface area (Å²) in [4.78, 5) is 12.4. The molecule has 2 rings (SSSR count). The molecule has 19 heavy (non-hydrogen) atoms. The van der Waals surface area contributed by atoms with Gasteiger partial charge in [-0.2, -0.15) is 0 Å². The Morgan fingerprint density at radius 1 is 1.37 bits per heavy atom. The summed E-state index contributed by atoms with van der Waals surface area (Å²) in [6.45, 7) is 2.66. The number of benzene rings is 1. The van der Waals surface area contributed by atoms with E-state index in [2.05, 4.69) is 17.4 Å². The predicted molar refractivity (Wildman–Crippen MR) is 77.7 cm³/mol. The van der Waals surface area contributed by atoms with E-state index in [1.807, 2.05) is 25.1 Å². The molecule has 1 atom stereocenters. The molecule has 1 aliphatic rings. The highest BCUT2D eigenvalue weighted by molar-refractivity contribution is 5.83. The van der Waals surface area contributed by atoms with Gasteiger partial charge in [-0.1, -0.05) is 36.8 Å². The zero-order chi connectivity index (χ0) is 13.7. The van der Waals surface area contributed by atoms with Gasteiger partial charge in [0.05, 0.1) is 5.41 Å². The molecular formula is C16H24N2O. The van der Waals surface area contributed by atoms with Crippen molar-refractivity contribution in [2.24, 2.45) is 11.1 Å². The van der Waals surface area contributed by atoms with Gasteiger partial charge in [0.15, 0.2) is 0 Å². The van der Waals surface area contributed by atoms with E-state index in [-0.39, 0.29) is 17.4 Å². The van der Waals surface area contributed by atoms with Crippen LogP contribution in [0.1, 0.15) is 38.2 Å². The van der Waals surface area contributed by atoms with E-state index in [0.29, 0.717) is 6.54 Å². The Morgan fingerprint density at radius 2 is 2.05 bits per heavy atom. The van der Waals surface area contributed by atoms with Crippen LogP contribution in [-0.2, 0) is 11.2 Å². The second-order valence-electron chi connectivity index (χ2n) is 5.82. The van der Waals surface area contributed by atoms with Gasteiger partial charge in [0.1, 0.15) is 0 Å². The van der Waals surface area contributed by atoms with Crippen LogP contribution in [0.25, 0.3) is 0 Å². The lowest BCUT2D eigenvalue weighted by Gasteiger charge is -2.40. The first kappa shape index (κ1) is 14.1. The summed E-state index contributed by atoms with van der Waals surface area (Å²) >= 11 is 0. The Labute approximate surface area is 115 Å². The van der Waals surface area contributed by atoms with Crippen molar-refractivity contribution in [3.05, 3.63) is 35.9 Å². The summed E-state index contributed by atoms with van der Waals surface area (Å²) < 4.78 is 0.